The van der Waals surface area contributed by atoms with Gasteiger partial charge in [0, 0.05) is 24.7 Å². The lowest BCUT2D eigenvalue weighted by atomic mass is 10.1. The molecular weight excluding hydrogens is 200 g/mol. The van der Waals surface area contributed by atoms with Crippen LogP contribution in [0.1, 0.15) is 43.0 Å². The molecular formula is C12H18N4. The van der Waals surface area contributed by atoms with Gasteiger partial charge in [0.05, 0.1) is 11.7 Å². The van der Waals surface area contributed by atoms with Crippen LogP contribution in [0.5, 0.6) is 0 Å². The molecule has 0 unspecified atom stereocenters. The molecule has 0 radical (unpaired) electrons. The zero-order chi connectivity index (χ0) is 10.7. The van der Waals surface area contributed by atoms with Crippen LogP contribution in [0.15, 0.2) is 0 Å². The highest BCUT2D eigenvalue weighted by Gasteiger charge is 2.35. The number of nitrogens with two attached hydrogens (primary N) is 1. The highest BCUT2D eigenvalue weighted by atomic mass is 15.4. The summed E-state index contributed by atoms with van der Waals surface area (Å²) in [5, 5.41) is 4.72. The number of aromatic nitrogens is 2. The van der Waals surface area contributed by atoms with Crippen molar-refractivity contribution in [3.8, 4) is 0 Å². The minimum absolute atomic E-state index is 0.611. The molecule has 3 aliphatic rings. The predicted octanol–water partition coefficient (Wildman–Crippen LogP) is 1.32. The number of anilines is 1. The Morgan fingerprint density at radius 2 is 1.88 bits per heavy atom. The Morgan fingerprint density at radius 3 is 2.56 bits per heavy atom. The van der Waals surface area contributed by atoms with Gasteiger partial charge < -0.3 is 5.73 Å². The Hall–Kier alpha value is -1.03. The number of hydrogen-bond acceptors (Lipinski definition) is 3. The first-order chi connectivity index (χ1) is 7.83. The van der Waals surface area contributed by atoms with Gasteiger partial charge >= 0.3 is 0 Å². The van der Waals surface area contributed by atoms with Crippen molar-refractivity contribution >= 4 is 5.82 Å². The van der Waals surface area contributed by atoms with Gasteiger partial charge in [-0.2, -0.15) is 5.10 Å². The molecule has 86 valence electrons. The van der Waals surface area contributed by atoms with E-state index >= 15 is 0 Å². The van der Waals surface area contributed by atoms with E-state index in [-0.39, 0.29) is 0 Å². The van der Waals surface area contributed by atoms with Crippen LogP contribution in [0.4, 0.5) is 5.82 Å². The van der Waals surface area contributed by atoms with Gasteiger partial charge in [-0.15, -0.1) is 0 Å². The summed E-state index contributed by atoms with van der Waals surface area (Å²) in [5.41, 5.74) is 8.77. The minimum Gasteiger partial charge on any atom is -0.384 e. The molecule has 2 heterocycles. The molecule has 0 amide bonds. The van der Waals surface area contributed by atoms with Crippen LogP contribution < -0.4 is 5.73 Å². The first-order valence-corrected chi connectivity index (χ1v) is 6.42. The van der Waals surface area contributed by atoms with E-state index in [0.29, 0.717) is 6.04 Å². The van der Waals surface area contributed by atoms with Crippen molar-refractivity contribution in [2.45, 2.75) is 50.7 Å². The van der Waals surface area contributed by atoms with Crippen molar-refractivity contribution in [1.82, 2.24) is 14.7 Å². The molecule has 0 atom stereocenters. The number of hydrogen-bond donors (Lipinski definition) is 1. The first kappa shape index (κ1) is 9.05. The molecule has 2 aliphatic carbocycles. The standard InChI is InChI=1S/C12H18N4/c13-12-10-5-6-15(8-1-2-8)7-11(10)14-16(12)9-3-4-9/h8-9H,1-7,13H2. The maximum absolute atomic E-state index is 6.18. The summed E-state index contributed by atoms with van der Waals surface area (Å²) in [7, 11) is 0. The van der Waals surface area contributed by atoms with E-state index in [9.17, 15) is 0 Å². The molecule has 2 N–H and O–H groups in total. The highest BCUT2D eigenvalue weighted by Crippen LogP contribution is 2.39. The van der Waals surface area contributed by atoms with E-state index in [1.165, 1.54) is 43.5 Å². The van der Waals surface area contributed by atoms with Crippen LogP contribution in [0.2, 0.25) is 0 Å². The Labute approximate surface area is 95.4 Å². The molecule has 0 saturated heterocycles. The summed E-state index contributed by atoms with van der Waals surface area (Å²) in [6.45, 7) is 2.21. The van der Waals surface area contributed by atoms with Gasteiger partial charge in [-0.1, -0.05) is 0 Å². The second-order valence-corrected chi connectivity index (χ2v) is 5.44. The molecule has 0 spiro atoms. The summed E-state index contributed by atoms with van der Waals surface area (Å²) in [6.07, 6.45) is 6.39. The van der Waals surface area contributed by atoms with Crippen molar-refractivity contribution in [2.75, 3.05) is 12.3 Å². The van der Waals surface area contributed by atoms with Crippen LogP contribution in [0, 0.1) is 0 Å². The lowest BCUT2D eigenvalue weighted by Gasteiger charge is -2.25. The zero-order valence-corrected chi connectivity index (χ0v) is 9.52. The minimum atomic E-state index is 0.611. The van der Waals surface area contributed by atoms with Crippen LogP contribution in [-0.4, -0.2) is 27.3 Å². The van der Waals surface area contributed by atoms with Crippen LogP contribution in [-0.2, 0) is 13.0 Å². The first-order valence-electron chi connectivity index (χ1n) is 6.42. The number of fused-ring (bicyclic) bond motifs is 1. The summed E-state index contributed by atoms with van der Waals surface area (Å²) >= 11 is 0. The molecule has 0 bridgehead atoms. The van der Waals surface area contributed by atoms with Gasteiger partial charge in [-0.3, -0.25) is 4.90 Å². The van der Waals surface area contributed by atoms with Gasteiger partial charge in [0.25, 0.3) is 0 Å². The Morgan fingerprint density at radius 1 is 1.12 bits per heavy atom. The third-order valence-electron chi connectivity index (χ3n) is 4.09. The maximum Gasteiger partial charge on any atom is 0.125 e. The molecule has 2 fully saturated rings. The fraction of sp³-hybridized carbons (Fsp3) is 0.750. The monoisotopic (exact) mass is 218 g/mol. The van der Waals surface area contributed by atoms with Crippen molar-refractivity contribution in [1.29, 1.82) is 0 Å². The number of nitrogens with zero attached hydrogens (tertiary/aromatic N) is 3. The van der Waals surface area contributed by atoms with Crippen molar-refractivity contribution in [3.05, 3.63) is 11.3 Å². The van der Waals surface area contributed by atoms with Crippen LogP contribution in [0.3, 0.4) is 0 Å². The van der Waals surface area contributed by atoms with Gasteiger partial charge in [-0.25, -0.2) is 4.68 Å². The Kier molecular flexibility index (Phi) is 1.70. The van der Waals surface area contributed by atoms with E-state index < -0.39 is 0 Å². The van der Waals surface area contributed by atoms with E-state index in [1.807, 2.05) is 0 Å². The Bertz CT molecular complexity index is 428. The summed E-state index contributed by atoms with van der Waals surface area (Å²) in [5.74, 6) is 0.952. The van der Waals surface area contributed by atoms with Crippen molar-refractivity contribution < 1.29 is 0 Å². The van der Waals surface area contributed by atoms with Crippen LogP contribution in [0.25, 0.3) is 0 Å². The summed E-state index contributed by atoms with van der Waals surface area (Å²) in [4.78, 5) is 2.58. The van der Waals surface area contributed by atoms with Crippen LogP contribution >= 0.6 is 0 Å². The fourth-order valence-electron chi connectivity index (χ4n) is 2.81. The number of nitrogen functional groups attached to an aromatic ring is 1. The van der Waals surface area contributed by atoms with E-state index in [2.05, 4.69) is 9.58 Å². The number of rotatable bonds is 2. The highest BCUT2D eigenvalue weighted by molar-refractivity contribution is 5.45. The third-order valence-corrected chi connectivity index (χ3v) is 4.09. The molecule has 2 saturated carbocycles. The smallest absolute Gasteiger partial charge is 0.125 e. The molecule has 1 aromatic rings. The topological polar surface area (TPSA) is 47.1 Å². The van der Waals surface area contributed by atoms with Gasteiger partial charge in [0.2, 0.25) is 0 Å². The molecule has 4 nitrogen and oxygen atoms in total. The predicted molar refractivity (Wildman–Crippen MR) is 62.0 cm³/mol. The fourth-order valence-corrected chi connectivity index (χ4v) is 2.81. The molecule has 4 rings (SSSR count). The van der Waals surface area contributed by atoms with Gasteiger partial charge in [0.1, 0.15) is 5.82 Å². The molecule has 1 aliphatic heterocycles. The van der Waals surface area contributed by atoms with E-state index in [4.69, 9.17) is 10.8 Å². The van der Waals surface area contributed by atoms with E-state index in [0.717, 1.165) is 24.8 Å². The lowest BCUT2D eigenvalue weighted by Crippen LogP contribution is -2.32. The van der Waals surface area contributed by atoms with Crippen molar-refractivity contribution in [3.63, 3.8) is 0 Å². The molecule has 16 heavy (non-hydrogen) atoms. The SMILES string of the molecule is Nc1c2c(nn1C1CC1)CN(C1CC1)CC2. The quantitative estimate of drug-likeness (QED) is 0.814. The normalized spacial score (nSPS) is 25.8. The Balaban J connectivity index is 1.66. The molecule has 1 aromatic heterocycles. The second-order valence-electron chi connectivity index (χ2n) is 5.44. The zero-order valence-electron chi connectivity index (χ0n) is 9.52. The summed E-state index contributed by atoms with van der Waals surface area (Å²) in [6, 6.07) is 1.46. The van der Waals surface area contributed by atoms with Gasteiger partial charge in [-0.05, 0) is 32.1 Å². The third kappa shape index (κ3) is 1.29. The largest absolute Gasteiger partial charge is 0.384 e. The summed E-state index contributed by atoms with van der Waals surface area (Å²) < 4.78 is 2.08. The second kappa shape index (κ2) is 3.00. The molecule has 4 heteroatoms. The van der Waals surface area contributed by atoms with E-state index in [1.54, 1.807) is 0 Å². The average Bonchev–Trinajstić information content (AvgIpc) is 3.16. The molecule has 0 aromatic carbocycles. The van der Waals surface area contributed by atoms with Crippen molar-refractivity contribution in [2.24, 2.45) is 0 Å². The lowest BCUT2D eigenvalue weighted by molar-refractivity contribution is 0.240. The maximum atomic E-state index is 6.18. The van der Waals surface area contributed by atoms with Gasteiger partial charge in [0.15, 0.2) is 0 Å². The average molecular weight is 218 g/mol.